The van der Waals surface area contributed by atoms with Crippen LogP contribution in [0.1, 0.15) is 28.8 Å². The van der Waals surface area contributed by atoms with E-state index in [4.69, 9.17) is 10.00 Å². The van der Waals surface area contributed by atoms with Crippen LogP contribution in [0.3, 0.4) is 0 Å². The molecule has 0 spiro atoms. The van der Waals surface area contributed by atoms with Gasteiger partial charge >= 0.3 is 6.18 Å². The topological polar surface area (TPSA) is 127 Å². The first-order valence-electron chi connectivity index (χ1n) is 13.1. The number of nitriles is 1. The number of nitrogens with zero attached hydrogens (tertiary/aromatic N) is 6. The highest BCUT2D eigenvalue weighted by Gasteiger charge is 2.54. The maximum Gasteiger partial charge on any atom is 0.402 e. The minimum Gasteiger partial charge on any atom is -0.492 e. The maximum atomic E-state index is 13.7. The number of carbonyl (C=O) groups excluding carboxylic acids is 2. The van der Waals surface area contributed by atoms with Crippen molar-refractivity contribution in [2.75, 3.05) is 50.8 Å². The number of hydrogen-bond donors (Lipinski definition) is 2. The van der Waals surface area contributed by atoms with Crippen molar-refractivity contribution in [2.24, 2.45) is 5.92 Å². The molecule has 11 nitrogen and oxygen atoms in total. The van der Waals surface area contributed by atoms with Gasteiger partial charge in [-0.1, -0.05) is 6.07 Å². The average molecular weight is 559 g/mol. The third kappa shape index (κ3) is 5.95. The molecule has 14 heteroatoms. The lowest BCUT2D eigenvalue weighted by molar-refractivity contribution is -0.201. The molecule has 3 saturated heterocycles. The van der Waals surface area contributed by atoms with Gasteiger partial charge in [0.1, 0.15) is 18.4 Å². The van der Waals surface area contributed by atoms with E-state index in [2.05, 4.69) is 20.8 Å². The molecular formula is C26H29F3N8O3. The fourth-order valence-corrected chi connectivity index (χ4v) is 5.51. The average Bonchev–Trinajstić information content (AvgIpc) is 3.44. The van der Waals surface area contributed by atoms with Gasteiger partial charge in [-0.3, -0.25) is 19.9 Å². The Hall–Kier alpha value is -3.96. The predicted molar refractivity (Wildman–Crippen MR) is 136 cm³/mol. The molecule has 3 fully saturated rings. The number of anilines is 1. The van der Waals surface area contributed by atoms with E-state index in [1.807, 2.05) is 11.0 Å². The Labute approximate surface area is 228 Å². The van der Waals surface area contributed by atoms with Gasteiger partial charge in [-0.2, -0.15) is 18.4 Å². The van der Waals surface area contributed by atoms with Crippen LogP contribution in [0.15, 0.2) is 36.7 Å². The summed E-state index contributed by atoms with van der Waals surface area (Å²) in [6.07, 6.45) is -0.371. The van der Waals surface area contributed by atoms with Gasteiger partial charge in [-0.25, -0.2) is 15.4 Å². The van der Waals surface area contributed by atoms with Crippen molar-refractivity contribution >= 4 is 17.8 Å². The van der Waals surface area contributed by atoms with Gasteiger partial charge in [0.25, 0.3) is 5.91 Å². The van der Waals surface area contributed by atoms with E-state index in [0.29, 0.717) is 68.4 Å². The Morgan fingerprint density at radius 2 is 1.90 bits per heavy atom. The normalized spacial score (nSPS) is 23.9. The number of piperazine rings is 1. The van der Waals surface area contributed by atoms with Crippen molar-refractivity contribution in [3.63, 3.8) is 0 Å². The number of rotatable bonds is 6. The van der Waals surface area contributed by atoms with Crippen LogP contribution in [0.25, 0.3) is 0 Å². The van der Waals surface area contributed by atoms with E-state index in [9.17, 15) is 22.8 Å². The number of alkyl halides is 3. The van der Waals surface area contributed by atoms with E-state index in [0.717, 1.165) is 0 Å². The Bertz CT molecular complexity index is 1260. The molecule has 1 aromatic carbocycles. The largest absolute Gasteiger partial charge is 0.492 e. The van der Waals surface area contributed by atoms with E-state index < -0.39 is 24.0 Å². The molecule has 2 amide bonds. The minimum atomic E-state index is -4.65. The summed E-state index contributed by atoms with van der Waals surface area (Å²) in [5.41, 5.74) is 5.51. The SMILES string of the molecule is N#Cc1cnc(N2CCN(C(=O)c3cccc(OCC4CCCN4C4CNNC(=O)C4C(F)(F)F)c3)CC2)nc1. The van der Waals surface area contributed by atoms with Crippen molar-refractivity contribution < 1.29 is 27.5 Å². The van der Waals surface area contributed by atoms with Crippen LogP contribution >= 0.6 is 0 Å². The van der Waals surface area contributed by atoms with E-state index in [-0.39, 0.29) is 25.1 Å². The quantitative estimate of drug-likeness (QED) is 0.540. The zero-order valence-electron chi connectivity index (χ0n) is 21.6. The standard InChI is InChI=1S/C26H29F3N8O3/c27-26(28,29)22-21(15-33-34-23(22)38)37-6-2-4-19(37)16-40-20-5-1-3-18(11-20)24(39)35-7-9-36(10-8-35)25-31-13-17(12-30)14-32-25/h1,3,5,11,13-14,19,21-22,33H,2,4,6-10,15-16H2,(H,34,38). The lowest BCUT2D eigenvalue weighted by Crippen LogP contribution is -2.65. The molecule has 1 aromatic heterocycles. The molecule has 5 rings (SSSR count). The third-order valence-electron chi connectivity index (χ3n) is 7.53. The van der Waals surface area contributed by atoms with Gasteiger partial charge in [0.05, 0.1) is 18.0 Å². The van der Waals surface area contributed by atoms with Crippen molar-refractivity contribution in [3.8, 4) is 11.8 Å². The molecule has 0 bridgehead atoms. The van der Waals surface area contributed by atoms with Crippen LogP contribution in [-0.2, 0) is 4.79 Å². The zero-order valence-corrected chi connectivity index (χ0v) is 21.6. The van der Waals surface area contributed by atoms with Gasteiger partial charge in [-0.15, -0.1) is 0 Å². The summed E-state index contributed by atoms with van der Waals surface area (Å²) < 4.78 is 47.0. The van der Waals surface area contributed by atoms with Gasteiger partial charge in [0, 0.05) is 50.4 Å². The van der Waals surface area contributed by atoms with Crippen molar-refractivity contribution in [3.05, 3.63) is 47.8 Å². The molecule has 3 aliphatic heterocycles. The summed E-state index contributed by atoms with van der Waals surface area (Å²) in [6, 6.07) is 7.44. The van der Waals surface area contributed by atoms with Crippen LogP contribution in [-0.4, -0.2) is 95.7 Å². The van der Waals surface area contributed by atoms with Gasteiger partial charge in [-0.05, 0) is 37.6 Å². The number of likely N-dealkylation sites (tertiary alicyclic amines) is 1. The fraction of sp³-hybridized carbons (Fsp3) is 0.500. The van der Waals surface area contributed by atoms with Crippen LogP contribution in [0.2, 0.25) is 0 Å². The summed E-state index contributed by atoms with van der Waals surface area (Å²) in [4.78, 5) is 39.0. The number of benzene rings is 1. The van der Waals surface area contributed by atoms with Crippen LogP contribution < -0.4 is 20.5 Å². The highest BCUT2D eigenvalue weighted by molar-refractivity contribution is 5.94. The Kier molecular flexibility index (Phi) is 8.04. The molecule has 4 heterocycles. The van der Waals surface area contributed by atoms with Crippen LogP contribution in [0.5, 0.6) is 5.75 Å². The first-order valence-corrected chi connectivity index (χ1v) is 13.1. The second kappa shape index (κ2) is 11.6. The Morgan fingerprint density at radius 3 is 2.60 bits per heavy atom. The van der Waals surface area contributed by atoms with Crippen LogP contribution in [0.4, 0.5) is 19.1 Å². The Balaban J connectivity index is 1.18. The summed E-state index contributed by atoms with van der Waals surface area (Å²) >= 11 is 0. The summed E-state index contributed by atoms with van der Waals surface area (Å²) in [5, 5.41) is 8.91. The number of hydrazine groups is 1. The van der Waals surface area contributed by atoms with Crippen molar-refractivity contribution in [2.45, 2.75) is 31.1 Å². The second-order valence-corrected chi connectivity index (χ2v) is 9.99. The van der Waals surface area contributed by atoms with Crippen molar-refractivity contribution in [1.82, 2.24) is 30.6 Å². The summed E-state index contributed by atoms with van der Waals surface area (Å²) in [6.45, 7) is 2.58. The smallest absolute Gasteiger partial charge is 0.402 e. The molecule has 40 heavy (non-hydrogen) atoms. The molecule has 0 saturated carbocycles. The number of nitrogens with one attached hydrogen (secondary N) is 2. The maximum absolute atomic E-state index is 13.7. The number of hydrogen-bond acceptors (Lipinski definition) is 9. The number of ether oxygens (including phenoxy) is 1. The number of carbonyl (C=O) groups is 2. The lowest BCUT2D eigenvalue weighted by Gasteiger charge is -2.40. The molecule has 2 aromatic rings. The van der Waals surface area contributed by atoms with Crippen LogP contribution in [0, 0.1) is 17.2 Å². The summed E-state index contributed by atoms with van der Waals surface area (Å²) in [7, 11) is 0. The van der Waals surface area contributed by atoms with Gasteiger partial charge in [0.15, 0.2) is 5.92 Å². The number of halogens is 3. The molecule has 0 aliphatic carbocycles. The summed E-state index contributed by atoms with van der Waals surface area (Å²) in [5.74, 6) is -2.38. The number of amides is 2. The molecule has 3 unspecified atom stereocenters. The molecule has 3 atom stereocenters. The molecule has 212 valence electrons. The molecule has 0 radical (unpaired) electrons. The second-order valence-electron chi connectivity index (χ2n) is 9.99. The van der Waals surface area contributed by atoms with E-state index in [1.165, 1.54) is 12.4 Å². The molecule has 3 aliphatic rings. The zero-order chi connectivity index (χ0) is 28.3. The Morgan fingerprint density at radius 1 is 1.15 bits per heavy atom. The van der Waals surface area contributed by atoms with E-state index in [1.54, 1.807) is 34.1 Å². The van der Waals surface area contributed by atoms with E-state index >= 15 is 0 Å². The first kappa shape index (κ1) is 27.6. The monoisotopic (exact) mass is 558 g/mol. The minimum absolute atomic E-state index is 0.0129. The van der Waals surface area contributed by atoms with Gasteiger partial charge in [0.2, 0.25) is 11.9 Å². The van der Waals surface area contributed by atoms with Gasteiger partial charge < -0.3 is 14.5 Å². The molecular weight excluding hydrogens is 529 g/mol. The lowest BCUT2D eigenvalue weighted by atomic mass is 9.94. The first-order chi connectivity index (χ1) is 19.2. The third-order valence-corrected chi connectivity index (χ3v) is 7.53. The van der Waals surface area contributed by atoms with Crippen molar-refractivity contribution in [1.29, 1.82) is 5.26 Å². The highest BCUT2D eigenvalue weighted by atomic mass is 19.4. The molecule has 2 N–H and O–H groups in total. The number of aromatic nitrogens is 2. The highest BCUT2D eigenvalue weighted by Crippen LogP contribution is 2.35. The predicted octanol–water partition coefficient (Wildman–Crippen LogP) is 1.34. The fourth-order valence-electron chi connectivity index (χ4n) is 5.51.